The number of unbranched alkanes of at least 4 members (excludes halogenated alkanes) is 2. The zero-order valence-electron chi connectivity index (χ0n) is 22.8. The van der Waals surface area contributed by atoms with E-state index >= 15 is 0 Å². The van der Waals surface area contributed by atoms with Crippen molar-refractivity contribution in [2.75, 3.05) is 0 Å². The second-order valence-corrected chi connectivity index (χ2v) is 9.02. The number of rotatable bonds is 10. The third-order valence-electron chi connectivity index (χ3n) is 5.15. The van der Waals surface area contributed by atoms with E-state index in [0.29, 0.717) is 22.3 Å². The number of hydrogen-bond donors (Lipinski definition) is 1. The molecule has 200 valence electrons. The Balaban J connectivity index is 0.000000586. The molecule has 1 amide bonds. The molecule has 2 aromatic carbocycles. The summed E-state index contributed by atoms with van der Waals surface area (Å²) in [5.41, 5.74) is 3.78. The lowest BCUT2D eigenvalue weighted by molar-refractivity contribution is 0.0994. The van der Waals surface area contributed by atoms with E-state index in [1.807, 2.05) is 13.8 Å². The van der Waals surface area contributed by atoms with Crippen molar-refractivity contribution in [3.8, 4) is 0 Å². The number of nitrogens with one attached hydrogen (secondary N) is 1. The number of benzene rings is 2. The first-order chi connectivity index (χ1) is 17.4. The van der Waals surface area contributed by atoms with Crippen LogP contribution in [-0.4, -0.2) is 34.1 Å². The average Bonchev–Trinajstić information content (AvgIpc) is 2.87. The van der Waals surface area contributed by atoms with Crippen LogP contribution in [0.3, 0.4) is 0 Å². The second-order valence-electron chi connectivity index (χ2n) is 8.68. The summed E-state index contributed by atoms with van der Waals surface area (Å²) in [5.74, 6) is -0.265. The van der Waals surface area contributed by atoms with Gasteiger partial charge in [-0.3, -0.25) is 19.2 Å². The van der Waals surface area contributed by atoms with Gasteiger partial charge in [-0.15, -0.1) is 0 Å². The highest BCUT2D eigenvalue weighted by Gasteiger charge is 2.06. The number of amides is 1. The largest absolute Gasteiger partial charge is 0.310 e. The molecule has 0 aliphatic carbocycles. The van der Waals surface area contributed by atoms with Crippen LogP contribution >= 0.6 is 11.6 Å². The van der Waals surface area contributed by atoms with Crippen molar-refractivity contribution in [1.82, 2.24) is 0 Å². The lowest BCUT2D eigenvalue weighted by Gasteiger charge is -2.00. The van der Waals surface area contributed by atoms with Crippen molar-refractivity contribution in [3.63, 3.8) is 0 Å². The molecule has 0 bridgehead atoms. The molecule has 0 radical (unpaired) electrons. The Bertz CT molecular complexity index is 1040. The van der Waals surface area contributed by atoms with Gasteiger partial charge in [0.05, 0.1) is 0 Å². The van der Waals surface area contributed by atoms with Gasteiger partial charge in [0.25, 0.3) is 11.1 Å². The summed E-state index contributed by atoms with van der Waals surface area (Å²) in [6.45, 7) is 11.0. The molecule has 0 atom stereocenters. The number of halogens is 1. The Morgan fingerprint density at radius 2 is 1.05 bits per heavy atom. The highest BCUT2D eigenvalue weighted by molar-refractivity contribution is 6.67. The molecule has 0 saturated heterocycles. The molecule has 1 N–H and O–H groups in total. The van der Waals surface area contributed by atoms with Gasteiger partial charge >= 0.3 is 0 Å². The zero-order valence-corrected chi connectivity index (χ0v) is 23.6. The molecule has 37 heavy (non-hydrogen) atoms. The summed E-state index contributed by atoms with van der Waals surface area (Å²) >= 11 is 5.21. The van der Waals surface area contributed by atoms with Crippen LogP contribution in [0.2, 0.25) is 0 Å². The number of carbonyl (C=O) groups excluding carboxylic acids is 4. The van der Waals surface area contributed by atoms with Crippen molar-refractivity contribution >= 4 is 45.7 Å². The Kier molecular flexibility index (Phi) is 17.3. The van der Waals surface area contributed by atoms with Crippen LogP contribution < -0.4 is 0 Å². The molecule has 0 fully saturated rings. The number of hydrogen-bond acceptors (Lipinski definition) is 5. The molecule has 6 nitrogen and oxygen atoms in total. The SMILES string of the molecule is CC(=O)c1ccc(C(=O)Cl)cc1.CCCCC(C)=N.CCCCC(C)=NC(=O)c1ccc(C(C)=O)cc1. The third kappa shape index (κ3) is 15.5. The molecule has 0 spiro atoms. The summed E-state index contributed by atoms with van der Waals surface area (Å²) in [7, 11) is 0. The lowest BCUT2D eigenvalue weighted by Crippen LogP contribution is -2.01. The fourth-order valence-electron chi connectivity index (χ4n) is 2.85. The highest BCUT2D eigenvalue weighted by Crippen LogP contribution is 2.08. The van der Waals surface area contributed by atoms with Gasteiger partial charge in [0.15, 0.2) is 11.6 Å². The average molecular weight is 527 g/mol. The number of carbonyl (C=O) groups is 4. The van der Waals surface area contributed by atoms with E-state index < -0.39 is 5.24 Å². The summed E-state index contributed by atoms with van der Waals surface area (Å²) in [5, 5.41) is 6.49. The number of Topliss-reactive ketones (excluding diaryl/α,β-unsaturated/α-hetero) is 2. The fourth-order valence-corrected chi connectivity index (χ4v) is 2.98. The van der Waals surface area contributed by atoms with Crippen molar-refractivity contribution in [3.05, 3.63) is 70.8 Å². The topological polar surface area (TPSA) is 104 Å². The third-order valence-corrected chi connectivity index (χ3v) is 5.36. The predicted molar refractivity (Wildman–Crippen MR) is 153 cm³/mol. The maximum atomic E-state index is 11.8. The van der Waals surface area contributed by atoms with Crippen LogP contribution in [0.25, 0.3) is 0 Å². The number of nitrogens with zero attached hydrogens (tertiary/aromatic N) is 1. The summed E-state index contributed by atoms with van der Waals surface area (Å²) in [6, 6.07) is 12.8. The molecular formula is C30H39ClN2O4. The van der Waals surface area contributed by atoms with Gasteiger partial charge in [-0.25, -0.2) is 4.99 Å². The second kappa shape index (κ2) is 18.9. The van der Waals surface area contributed by atoms with E-state index in [4.69, 9.17) is 17.0 Å². The van der Waals surface area contributed by atoms with Crippen LogP contribution in [0.15, 0.2) is 53.5 Å². The Morgan fingerprint density at radius 3 is 1.38 bits per heavy atom. The molecule has 0 saturated carbocycles. The number of ketones is 2. The minimum absolute atomic E-state index is 0.00312. The molecule has 0 aliphatic rings. The van der Waals surface area contributed by atoms with Gasteiger partial charge in [-0.1, -0.05) is 51.0 Å². The first-order valence-corrected chi connectivity index (χ1v) is 12.8. The smallest absolute Gasteiger partial charge is 0.276 e. The first-order valence-electron chi connectivity index (χ1n) is 12.5. The van der Waals surface area contributed by atoms with E-state index in [9.17, 15) is 19.2 Å². The van der Waals surface area contributed by atoms with Crippen molar-refractivity contribution in [2.24, 2.45) is 4.99 Å². The molecule has 0 aliphatic heterocycles. The monoisotopic (exact) mass is 526 g/mol. The van der Waals surface area contributed by atoms with Gasteiger partial charge in [0.1, 0.15) is 0 Å². The zero-order chi connectivity index (χ0) is 28.4. The van der Waals surface area contributed by atoms with Crippen molar-refractivity contribution < 1.29 is 19.2 Å². The van der Waals surface area contributed by atoms with Crippen LogP contribution in [0.5, 0.6) is 0 Å². The quantitative estimate of drug-likeness (QED) is 0.191. The van der Waals surface area contributed by atoms with Crippen LogP contribution in [0.4, 0.5) is 0 Å². The van der Waals surface area contributed by atoms with Crippen LogP contribution in [0, 0.1) is 5.41 Å². The van der Waals surface area contributed by atoms with Gasteiger partial charge < -0.3 is 5.41 Å². The normalized spacial score (nSPS) is 10.3. The van der Waals surface area contributed by atoms with Gasteiger partial charge in [-0.05, 0) is 89.2 Å². The maximum Gasteiger partial charge on any atom is 0.276 e. The van der Waals surface area contributed by atoms with Crippen molar-refractivity contribution in [2.45, 2.75) is 80.1 Å². The van der Waals surface area contributed by atoms with E-state index in [0.717, 1.165) is 37.1 Å². The van der Waals surface area contributed by atoms with Crippen LogP contribution in [0.1, 0.15) is 121 Å². The van der Waals surface area contributed by atoms with E-state index in [1.54, 1.807) is 36.4 Å². The molecule has 0 heterocycles. The van der Waals surface area contributed by atoms with Gasteiger partial charge in [0, 0.05) is 33.7 Å². The molecular weight excluding hydrogens is 488 g/mol. The molecule has 2 aromatic rings. The molecule has 0 unspecified atom stereocenters. The van der Waals surface area contributed by atoms with Crippen molar-refractivity contribution in [1.29, 1.82) is 5.41 Å². The Labute approximate surface area is 226 Å². The van der Waals surface area contributed by atoms with Gasteiger partial charge in [0.2, 0.25) is 0 Å². The summed E-state index contributed by atoms with van der Waals surface area (Å²) in [6.07, 6.45) is 6.36. The minimum Gasteiger partial charge on any atom is -0.310 e. The lowest BCUT2D eigenvalue weighted by atomic mass is 10.1. The molecule has 2 rings (SSSR count). The van der Waals surface area contributed by atoms with Gasteiger partial charge in [-0.2, -0.15) is 0 Å². The fraction of sp³-hybridized carbons (Fsp3) is 0.400. The molecule has 7 heteroatoms. The maximum absolute atomic E-state index is 11.8. The van der Waals surface area contributed by atoms with E-state index in [-0.39, 0.29) is 17.5 Å². The Morgan fingerprint density at radius 1 is 0.676 bits per heavy atom. The summed E-state index contributed by atoms with van der Waals surface area (Å²) in [4.78, 5) is 48.4. The molecule has 0 aromatic heterocycles. The van der Waals surface area contributed by atoms with Crippen LogP contribution in [-0.2, 0) is 0 Å². The minimum atomic E-state index is -0.509. The highest BCUT2D eigenvalue weighted by atomic mass is 35.5. The summed E-state index contributed by atoms with van der Waals surface area (Å²) < 4.78 is 0. The standard InChI is InChI=1S/C15H19NO2.C9H7ClO2.C6H13N/c1-4-5-6-11(2)16-15(18)14-9-7-13(8-10-14)12(3)17;1-6(11)7-2-4-8(5-3-7)9(10)12;1-3-4-5-6(2)7/h7-10H,4-6H2,1-3H3;2-5H,1H3;7H,3-5H2,1-2H3. The van der Waals surface area contributed by atoms with E-state index in [2.05, 4.69) is 18.8 Å². The number of aliphatic imine (C=N–C) groups is 1. The predicted octanol–water partition coefficient (Wildman–Crippen LogP) is 8.16. The van der Waals surface area contributed by atoms with E-state index in [1.165, 1.54) is 38.8 Å². The first kappa shape index (κ1) is 33.8. The Hall–Kier alpha value is -3.25.